The molecule has 0 radical (unpaired) electrons. The Balaban J connectivity index is 0.000000194. The van der Waals surface area contributed by atoms with Crippen LogP contribution in [-0.4, -0.2) is 30.5 Å². The summed E-state index contributed by atoms with van der Waals surface area (Å²) in [6, 6.07) is 19.3. The van der Waals surface area contributed by atoms with Crippen LogP contribution in [0.5, 0.6) is 0 Å². The van der Waals surface area contributed by atoms with Gasteiger partial charge in [0, 0.05) is 5.56 Å². The van der Waals surface area contributed by atoms with Crippen LogP contribution in [0, 0.1) is 3.82 Å². The quantitative estimate of drug-likeness (QED) is 0.203. The summed E-state index contributed by atoms with van der Waals surface area (Å²) in [5, 5.41) is 0. The first-order valence-corrected chi connectivity index (χ1v) is 11.5. The summed E-state index contributed by atoms with van der Waals surface area (Å²) >= 11 is 9.05. The van der Waals surface area contributed by atoms with Crippen LogP contribution in [0.1, 0.15) is 20.8 Å². The van der Waals surface area contributed by atoms with Gasteiger partial charge in [0.05, 0.1) is 19.1 Å². The van der Waals surface area contributed by atoms with Crippen LogP contribution in [0.3, 0.4) is 0 Å². The summed E-state index contributed by atoms with van der Waals surface area (Å²) in [6.45, 7) is 0. The van der Waals surface area contributed by atoms with Crippen molar-refractivity contribution in [2.24, 2.45) is 0 Å². The fraction of sp³-hybridized carbons (Fsp3) is 0.0952. The molecule has 0 aliphatic rings. The third-order valence-corrected chi connectivity index (χ3v) is 7.14. The Morgan fingerprint density at radius 3 is 2.03 bits per heavy atom. The van der Waals surface area contributed by atoms with E-state index in [1.807, 2.05) is 48.5 Å². The highest BCUT2D eigenvalue weighted by Gasteiger charge is 2.27. The Hall–Kier alpha value is -2.79. The van der Waals surface area contributed by atoms with Gasteiger partial charge in [0.25, 0.3) is 0 Å². The number of esters is 2. The van der Waals surface area contributed by atoms with Gasteiger partial charge in [-0.2, -0.15) is 4.37 Å². The van der Waals surface area contributed by atoms with Crippen LogP contribution in [0.15, 0.2) is 60.7 Å². The van der Waals surface area contributed by atoms with Crippen molar-refractivity contribution in [2.75, 3.05) is 14.2 Å². The Bertz CT molecular complexity index is 1220. The van der Waals surface area contributed by atoms with Gasteiger partial charge in [-0.1, -0.05) is 60.7 Å². The van der Waals surface area contributed by atoms with Crippen molar-refractivity contribution in [3.8, 4) is 20.9 Å². The summed E-state index contributed by atoms with van der Waals surface area (Å²) in [6.07, 6.45) is 0. The highest BCUT2D eigenvalue weighted by atomic mass is 32.2. The van der Waals surface area contributed by atoms with E-state index in [4.69, 9.17) is 17.0 Å². The highest BCUT2D eigenvalue weighted by Crippen LogP contribution is 2.31. The van der Waals surface area contributed by atoms with Gasteiger partial charge in [-0.05, 0) is 52.4 Å². The number of methoxy groups -OCH3 is 2. The van der Waals surface area contributed by atoms with Gasteiger partial charge in [0.15, 0.2) is 10.6 Å². The average Bonchev–Trinajstić information content (AvgIpc) is 3.46. The normalized spacial score (nSPS) is 10.0. The minimum absolute atomic E-state index is 0.0156. The van der Waals surface area contributed by atoms with E-state index in [1.165, 1.54) is 42.8 Å². The van der Waals surface area contributed by atoms with Gasteiger partial charge in [-0.15, -0.1) is 0 Å². The van der Waals surface area contributed by atoms with Crippen molar-refractivity contribution in [1.82, 2.24) is 8.14 Å². The molecule has 0 saturated carbocycles. The minimum atomic E-state index is -0.654. The van der Waals surface area contributed by atoms with Gasteiger partial charge in [-0.3, -0.25) is 0 Å². The Labute approximate surface area is 196 Å². The van der Waals surface area contributed by atoms with Gasteiger partial charge in [0.1, 0.15) is 5.56 Å². The highest BCUT2D eigenvalue weighted by molar-refractivity contribution is 7.74. The molecule has 0 saturated heterocycles. The Morgan fingerprint density at radius 1 is 0.935 bits per heavy atom. The fourth-order valence-corrected chi connectivity index (χ4v) is 5.36. The summed E-state index contributed by atoms with van der Waals surface area (Å²) in [5.41, 5.74) is 2.10. The molecule has 2 heterocycles. The number of rotatable bonds is 4. The molecule has 4 aromatic rings. The third kappa shape index (κ3) is 5.47. The largest absolute Gasteiger partial charge is 0.465 e. The van der Waals surface area contributed by atoms with Crippen molar-refractivity contribution in [3.63, 3.8) is 0 Å². The van der Waals surface area contributed by atoms with Crippen molar-refractivity contribution >= 4 is 58.8 Å². The number of hydrogen-bond donors (Lipinski definition) is 0. The van der Waals surface area contributed by atoms with Gasteiger partial charge in [-0.25, -0.2) is 9.59 Å². The van der Waals surface area contributed by atoms with Gasteiger partial charge < -0.3 is 13.2 Å². The Morgan fingerprint density at radius 2 is 1.52 bits per heavy atom. The minimum Gasteiger partial charge on any atom is -0.465 e. The van der Waals surface area contributed by atoms with E-state index in [0.717, 1.165) is 25.8 Å². The standard InChI is InChI=1S/C13H11NO4S.C8H5NS3/c1-17-12(15)9-10(13(16)18-2)14-19-11(9)8-6-4-3-5-7-8;10-8-7(11-9-12-8)6-4-2-1-3-5-6/h3-7H,1-2H3;1-5H. The van der Waals surface area contributed by atoms with E-state index in [1.54, 1.807) is 0 Å². The first-order valence-electron chi connectivity index (χ1n) is 8.79. The van der Waals surface area contributed by atoms with E-state index in [-0.39, 0.29) is 11.3 Å². The molecule has 0 atom stereocenters. The Kier molecular flexibility index (Phi) is 8.13. The molecule has 10 heteroatoms. The lowest BCUT2D eigenvalue weighted by Gasteiger charge is -2.03. The topological polar surface area (TPSA) is 79.6 Å². The lowest BCUT2D eigenvalue weighted by atomic mass is 10.1. The van der Waals surface area contributed by atoms with Gasteiger partial charge in [0.2, 0.25) is 3.82 Å². The van der Waals surface area contributed by atoms with Crippen molar-refractivity contribution in [3.05, 3.63) is 75.7 Å². The first-order chi connectivity index (χ1) is 15.1. The molecule has 31 heavy (non-hydrogen) atoms. The first kappa shape index (κ1) is 22.9. The lowest BCUT2D eigenvalue weighted by Crippen LogP contribution is -2.11. The number of ether oxygens (including phenoxy) is 2. The molecule has 0 amide bonds. The van der Waals surface area contributed by atoms with Crippen molar-refractivity contribution < 1.29 is 19.1 Å². The monoisotopic (exact) mass is 488 g/mol. The maximum absolute atomic E-state index is 11.8. The lowest BCUT2D eigenvalue weighted by molar-refractivity contribution is 0.0552. The number of carbonyl (C=O) groups is 2. The zero-order valence-electron chi connectivity index (χ0n) is 16.4. The molecule has 4 rings (SSSR count). The number of benzene rings is 2. The van der Waals surface area contributed by atoms with Crippen molar-refractivity contribution in [1.29, 1.82) is 0 Å². The number of aromatic nitrogens is 2. The molecular weight excluding hydrogens is 473 g/mol. The van der Waals surface area contributed by atoms with E-state index < -0.39 is 11.9 Å². The smallest absolute Gasteiger partial charge is 0.358 e. The van der Waals surface area contributed by atoms with Crippen LogP contribution in [-0.2, 0) is 9.47 Å². The maximum atomic E-state index is 11.8. The molecule has 0 spiro atoms. The zero-order chi connectivity index (χ0) is 22.2. The second kappa shape index (κ2) is 11.0. The zero-order valence-corrected chi connectivity index (χ0v) is 19.7. The molecular formula is C21H16N2O4S4. The number of hydrogen-bond acceptors (Lipinski definition) is 8. The van der Waals surface area contributed by atoms with Crippen LogP contribution < -0.4 is 3.76 Å². The van der Waals surface area contributed by atoms with Gasteiger partial charge >= 0.3 is 11.9 Å². The van der Waals surface area contributed by atoms with Crippen LogP contribution in [0.25, 0.3) is 20.9 Å². The SMILES string of the molecule is COC(=O)c1nsc(-c2ccccc2)c1C(=O)OC.S=c1s[n-][s+]c1-c1ccccc1. The summed E-state index contributed by atoms with van der Waals surface area (Å²) < 4.78 is 18.3. The predicted molar refractivity (Wildman–Crippen MR) is 126 cm³/mol. The summed E-state index contributed by atoms with van der Waals surface area (Å²) in [5.74, 6) is -1.26. The second-order valence-electron chi connectivity index (χ2n) is 5.82. The van der Waals surface area contributed by atoms with E-state index in [0.29, 0.717) is 4.88 Å². The van der Waals surface area contributed by atoms with Crippen LogP contribution >= 0.6 is 46.8 Å². The predicted octanol–water partition coefficient (Wildman–Crippen LogP) is 5.83. The van der Waals surface area contributed by atoms with E-state index in [2.05, 4.69) is 25.0 Å². The molecule has 6 nitrogen and oxygen atoms in total. The van der Waals surface area contributed by atoms with Crippen LogP contribution in [0.2, 0.25) is 0 Å². The van der Waals surface area contributed by atoms with E-state index in [9.17, 15) is 9.59 Å². The average molecular weight is 489 g/mol. The van der Waals surface area contributed by atoms with Crippen LogP contribution in [0.4, 0.5) is 0 Å². The molecule has 0 fully saturated rings. The van der Waals surface area contributed by atoms with Crippen molar-refractivity contribution in [2.45, 2.75) is 0 Å². The third-order valence-electron chi connectivity index (χ3n) is 3.97. The molecule has 0 bridgehead atoms. The fourth-order valence-electron chi connectivity index (χ4n) is 2.53. The molecule has 158 valence electrons. The summed E-state index contributed by atoms with van der Waals surface area (Å²) in [4.78, 5) is 25.2. The number of carbonyl (C=O) groups excluding carboxylic acids is 2. The molecule has 0 aliphatic heterocycles. The molecule has 2 aromatic carbocycles. The maximum Gasteiger partial charge on any atom is 0.358 e. The second-order valence-corrected chi connectivity index (χ2v) is 9.04. The molecule has 0 aliphatic carbocycles. The molecule has 0 N–H and O–H groups in total. The molecule has 2 aromatic heterocycles. The summed E-state index contributed by atoms with van der Waals surface area (Å²) in [7, 11) is 2.50. The molecule has 0 unspecified atom stereocenters. The number of nitrogens with zero attached hydrogens (tertiary/aromatic N) is 2. The van der Waals surface area contributed by atoms with E-state index >= 15 is 0 Å².